The number of rotatable bonds is 16. The molecule has 0 radical (unpaired) electrons. The van der Waals surface area contributed by atoms with Gasteiger partial charge in [-0.3, -0.25) is 19.8 Å². The number of esters is 1. The third-order valence-electron chi connectivity index (χ3n) is 10.6. The summed E-state index contributed by atoms with van der Waals surface area (Å²) in [6.07, 6.45) is -1.50. The maximum Gasteiger partial charge on any atom is 0.413 e. The molecule has 5 aromatic carbocycles. The lowest BCUT2D eigenvalue weighted by Crippen LogP contribution is -2.71. The Balaban J connectivity index is 1.14. The molecule has 3 heterocycles. The molecule has 342 valence electrons. The van der Waals surface area contributed by atoms with Crippen molar-refractivity contribution in [2.45, 2.75) is 49.5 Å². The number of aromatic nitrogens is 1. The molecular formula is C51H47N5O8S3. The van der Waals surface area contributed by atoms with Crippen LogP contribution in [0.5, 0.6) is 0 Å². The Kier molecular flexibility index (Phi) is 14.6. The Morgan fingerprint density at radius 3 is 1.84 bits per heavy atom. The summed E-state index contributed by atoms with van der Waals surface area (Å²) in [6, 6.07) is 46.2. The quantitative estimate of drug-likeness (QED) is 0.0238. The number of hydrogen-bond donors (Lipinski definition) is 2. The summed E-state index contributed by atoms with van der Waals surface area (Å²) in [5.41, 5.74) is 1.41. The van der Waals surface area contributed by atoms with Gasteiger partial charge in [0.15, 0.2) is 16.9 Å². The van der Waals surface area contributed by atoms with Crippen LogP contribution in [0.15, 0.2) is 173 Å². The minimum absolute atomic E-state index is 0.0619. The van der Waals surface area contributed by atoms with Crippen LogP contribution < -0.4 is 10.6 Å². The van der Waals surface area contributed by atoms with Gasteiger partial charge in [-0.1, -0.05) is 169 Å². The van der Waals surface area contributed by atoms with Gasteiger partial charge in [-0.25, -0.2) is 14.6 Å². The first kappa shape index (κ1) is 46.8. The van der Waals surface area contributed by atoms with Gasteiger partial charge in [0.2, 0.25) is 5.60 Å². The van der Waals surface area contributed by atoms with Crippen molar-refractivity contribution in [1.29, 1.82) is 0 Å². The van der Waals surface area contributed by atoms with Gasteiger partial charge in [0.1, 0.15) is 28.4 Å². The standard InChI is InChI=1S/C51H47N5O8S3/c1-50(2,3)63-49(60)54-48-52-38(30-66-48)40(55-64-51(35-24-14-7-15-25-35,36-26-16-8-17-27-36)37-28-18-9-19-29-37)44(57)53-41-45(58)56-42(39(67-32-61-4)31-65-46(41)56)47(59)62-43(33-20-10-5-11-21-33)34-22-12-6-13-23-34/h5-30,41,43,46H,31-32H2,1-4H3,(H,53,57)(H,52,54,60)/t41-,46-/m1/s1. The SMILES string of the molecule is COCSC1=C(C(=O)OC(c2ccccc2)c2ccccc2)N2C(=O)[C@@H](NC(=O)C(=NOC(c3ccccc3)(c3ccccc3)c3ccccc3)c3csc(NC(=O)OC(C)(C)C)n3)[C@H]2SC1. The number of benzene rings is 5. The zero-order valence-electron chi connectivity index (χ0n) is 37.0. The number of nitrogens with zero attached hydrogens (tertiary/aromatic N) is 3. The third-order valence-corrected chi connectivity index (χ3v) is 13.8. The fourth-order valence-corrected chi connectivity index (χ4v) is 10.6. The first-order valence-corrected chi connectivity index (χ1v) is 24.2. The smallest absolute Gasteiger partial charge is 0.413 e. The molecule has 2 N–H and O–H groups in total. The minimum atomic E-state index is -1.38. The molecule has 8 rings (SSSR count). The summed E-state index contributed by atoms with van der Waals surface area (Å²) in [7, 11) is 1.55. The molecule has 0 bridgehead atoms. The predicted molar refractivity (Wildman–Crippen MR) is 261 cm³/mol. The van der Waals surface area contributed by atoms with Crippen molar-refractivity contribution in [3.8, 4) is 0 Å². The molecule has 67 heavy (non-hydrogen) atoms. The average Bonchev–Trinajstić information content (AvgIpc) is 3.80. The summed E-state index contributed by atoms with van der Waals surface area (Å²) >= 11 is 3.74. The van der Waals surface area contributed by atoms with Gasteiger partial charge in [-0.05, 0) is 31.9 Å². The maximum atomic E-state index is 14.8. The van der Waals surface area contributed by atoms with Crippen LogP contribution >= 0.6 is 34.9 Å². The highest BCUT2D eigenvalue weighted by molar-refractivity contribution is 8.06. The van der Waals surface area contributed by atoms with E-state index >= 15 is 0 Å². The van der Waals surface area contributed by atoms with Crippen molar-refractivity contribution in [2.24, 2.45) is 5.16 Å². The summed E-state index contributed by atoms with van der Waals surface area (Å²) in [5.74, 6) is -1.43. The molecule has 0 saturated carbocycles. The third kappa shape index (κ3) is 10.5. The molecule has 6 aromatic rings. The van der Waals surface area contributed by atoms with Crippen LogP contribution in [-0.4, -0.2) is 75.3 Å². The van der Waals surface area contributed by atoms with E-state index in [1.807, 2.05) is 152 Å². The zero-order chi connectivity index (χ0) is 47.0. The van der Waals surface area contributed by atoms with E-state index in [4.69, 9.17) is 19.0 Å². The number of carbonyl (C=O) groups excluding carboxylic acids is 4. The van der Waals surface area contributed by atoms with Gasteiger partial charge in [0, 0.05) is 39.8 Å². The Hall–Kier alpha value is -6.72. The number of anilines is 1. The van der Waals surface area contributed by atoms with Crippen LogP contribution in [-0.2, 0) is 39.0 Å². The largest absolute Gasteiger partial charge is 0.448 e. The highest BCUT2D eigenvalue weighted by Gasteiger charge is 2.55. The number of ether oxygens (including phenoxy) is 3. The summed E-state index contributed by atoms with van der Waals surface area (Å²) in [5, 5.41) is 11.2. The van der Waals surface area contributed by atoms with E-state index in [-0.39, 0.29) is 28.2 Å². The van der Waals surface area contributed by atoms with E-state index in [2.05, 4.69) is 20.8 Å². The molecule has 2 atom stereocenters. The zero-order valence-corrected chi connectivity index (χ0v) is 39.4. The van der Waals surface area contributed by atoms with Crippen LogP contribution in [0.1, 0.15) is 60.4 Å². The first-order chi connectivity index (χ1) is 32.5. The highest BCUT2D eigenvalue weighted by Crippen LogP contribution is 2.45. The molecule has 0 spiro atoms. The van der Waals surface area contributed by atoms with Crippen LogP contribution in [0.25, 0.3) is 0 Å². The topological polar surface area (TPSA) is 158 Å². The Bertz CT molecular complexity index is 2620. The molecular weight excluding hydrogens is 907 g/mol. The van der Waals surface area contributed by atoms with Crippen LogP contribution in [0, 0.1) is 0 Å². The van der Waals surface area contributed by atoms with Gasteiger partial charge in [0.25, 0.3) is 11.8 Å². The van der Waals surface area contributed by atoms with E-state index in [1.165, 1.54) is 28.4 Å². The number of carbonyl (C=O) groups is 4. The van der Waals surface area contributed by atoms with Gasteiger partial charge >= 0.3 is 12.1 Å². The molecule has 1 fully saturated rings. The predicted octanol–water partition coefficient (Wildman–Crippen LogP) is 9.48. The number of amides is 3. The van der Waals surface area contributed by atoms with Crippen LogP contribution in [0.4, 0.5) is 9.93 Å². The van der Waals surface area contributed by atoms with Crippen molar-refractivity contribution in [3.05, 3.63) is 201 Å². The lowest BCUT2D eigenvalue weighted by Gasteiger charge is -2.49. The summed E-state index contributed by atoms with van der Waals surface area (Å²) in [6.45, 7) is 5.22. The Morgan fingerprint density at radius 2 is 1.33 bits per heavy atom. The highest BCUT2D eigenvalue weighted by atomic mass is 32.2. The van der Waals surface area contributed by atoms with Crippen molar-refractivity contribution in [2.75, 3.05) is 24.1 Å². The molecule has 2 aliphatic heterocycles. The minimum Gasteiger partial charge on any atom is -0.448 e. The maximum absolute atomic E-state index is 14.8. The fraction of sp³-hybridized carbons (Fsp3) is 0.216. The number of thiazole rings is 1. The molecule has 0 unspecified atom stereocenters. The summed E-state index contributed by atoms with van der Waals surface area (Å²) < 4.78 is 17.1. The van der Waals surface area contributed by atoms with Crippen molar-refractivity contribution in [3.63, 3.8) is 0 Å². The molecule has 1 aromatic heterocycles. The van der Waals surface area contributed by atoms with Crippen molar-refractivity contribution < 1.29 is 38.2 Å². The molecule has 0 aliphatic carbocycles. The van der Waals surface area contributed by atoms with Crippen molar-refractivity contribution >= 4 is 69.6 Å². The Labute approximate surface area is 400 Å². The number of nitrogens with one attached hydrogen (secondary N) is 2. The normalized spacial score (nSPS) is 16.2. The monoisotopic (exact) mass is 953 g/mol. The lowest BCUT2D eigenvalue weighted by molar-refractivity contribution is -0.154. The molecule has 3 amide bonds. The number of β-lactam (4-membered cyclic amide) rings is 1. The molecule has 2 aliphatic rings. The van der Waals surface area contributed by atoms with E-state index in [0.29, 0.717) is 10.7 Å². The summed E-state index contributed by atoms with van der Waals surface area (Å²) in [4.78, 5) is 69.8. The number of hydrogen-bond acceptors (Lipinski definition) is 13. The second-order valence-corrected chi connectivity index (χ2v) is 19.2. The first-order valence-electron chi connectivity index (χ1n) is 21.3. The fourth-order valence-electron chi connectivity index (χ4n) is 7.60. The molecule has 16 heteroatoms. The number of oxime groups is 1. The second-order valence-electron chi connectivity index (χ2n) is 16.3. The van der Waals surface area contributed by atoms with E-state index < -0.39 is 52.6 Å². The van der Waals surface area contributed by atoms with Crippen LogP contribution in [0.3, 0.4) is 0 Å². The van der Waals surface area contributed by atoms with Gasteiger partial charge in [0.05, 0.1) is 5.94 Å². The lowest BCUT2D eigenvalue weighted by atomic mass is 9.80. The van der Waals surface area contributed by atoms with Gasteiger partial charge in [-0.2, -0.15) is 0 Å². The number of thioether (sulfide) groups is 2. The Morgan fingerprint density at radius 1 is 0.806 bits per heavy atom. The van der Waals surface area contributed by atoms with Gasteiger partial charge in [-0.15, -0.1) is 23.1 Å². The number of fused-ring (bicyclic) bond motifs is 1. The molecule has 1 saturated heterocycles. The van der Waals surface area contributed by atoms with E-state index in [9.17, 15) is 19.2 Å². The second kappa shape index (κ2) is 20.8. The van der Waals surface area contributed by atoms with Crippen molar-refractivity contribution in [1.82, 2.24) is 15.2 Å². The van der Waals surface area contributed by atoms with E-state index in [0.717, 1.165) is 39.2 Å². The van der Waals surface area contributed by atoms with Crippen LogP contribution in [0.2, 0.25) is 0 Å². The molecule has 13 nitrogen and oxygen atoms in total. The average molecular weight is 954 g/mol. The number of methoxy groups -OCH3 is 1. The van der Waals surface area contributed by atoms with E-state index in [1.54, 1.807) is 33.3 Å². The van der Waals surface area contributed by atoms with Gasteiger partial charge < -0.3 is 24.4 Å².